The van der Waals surface area contributed by atoms with Crippen LogP contribution in [-0.4, -0.2) is 15.7 Å². The summed E-state index contributed by atoms with van der Waals surface area (Å²) in [6.07, 6.45) is 6.19. The van der Waals surface area contributed by atoms with Crippen LogP contribution in [0.3, 0.4) is 0 Å². The summed E-state index contributed by atoms with van der Waals surface area (Å²) in [7, 11) is 0. The van der Waals surface area contributed by atoms with Crippen molar-refractivity contribution in [2.75, 3.05) is 0 Å². The molecular weight excluding hydrogens is 353 g/mol. The zero-order valence-electron chi connectivity index (χ0n) is 13.7. The van der Waals surface area contributed by atoms with Crippen molar-refractivity contribution in [3.05, 3.63) is 76.3 Å². The highest BCUT2D eigenvalue weighted by Crippen LogP contribution is 2.38. The molecule has 1 aromatic heterocycles. The van der Waals surface area contributed by atoms with Crippen molar-refractivity contribution in [1.29, 1.82) is 0 Å². The van der Waals surface area contributed by atoms with Crippen molar-refractivity contribution in [2.45, 2.75) is 24.9 Å². The quantitative estimate of drug-likeness (QED) is 0.740. The Labute approximate surface area is 154 Å². The van der Waals surface area contributed by atoms with Crippen LogP contribution in [0.25, 0.3) is 11.1 Å². The number of amides is 1. The second-order valence-corrected chi connectivity index (χ2v) is 7.22. The van der Waals surface area contributed by atoms with E-state index >= 15 is 0 Å². The summed E-state index contributed by atoms with van der Waals surface area (Å²) in [5, 5.41) is 7.74. The lowest BCUT2D eigenvalue weighted by molar-refractivity contribution is 0.0960. The summed E-state index contributed by atoms with van der Waals surface area (Å²) < 4.78 is 15.6. The fourth-order valence-corrected chi connectivity index (χ4v) is 3.70. The molecule has 1 unspecified atom stereocenters. The molecule has 1 atom stereocenters. The summed E-state index contributed by atoms with van der Waals surface area (Å²) in [5.41, 5.74) is 3.89. The topological polar surface area (TPSA) is 46.9 Å². The second kappa shape index (κ2) is 5.68. The van der Waals surface area contributed by atoms with E-state index in [1.54, 1.807) is 0 Å². The van der Waals surface area contributed by atoms with E-state index in [2.05, 4.69) is 10.4 Å². The van der Waals surface area contributed by atoms with Gasteiger partial charge in [-0.2, -0.15) is 5.10 Å². The minimum absolute atomic E-state index is 0.179. The van der Waals surface area contributed by atoms with E-state index in [4.69, 9.17) is 11.6 Å². The molecule has 3 aromatic rings. The summed E-state index contributed by atoms with van der Waals surface area (Å²) in [6.45, 7) is 0. The lowest BCUT2D eigenvalue weighted by Gasteiger charge is -2.14. The van der Waals surface area contributed by atoms with Crippen LogP contribution in [0.1, 0.15) is 46.4 Å². The molecule has 1 aliphatic carbocycles. The first-order chi connectivity index (χ1) is 12.6. The number of aromatic nitrogens is 2. The molecule has 1 aliphatic heterocycles. The average Bonchev–Trinajstić information content (AvgIpc) is 3.28. The number of hydrogen-bond donors (Lipinski definition) is 1. The molecule has 0 saturated heterocycles. The Morgan fingerprint density at radius 1 is 1.12 bits per heavy atom. The third-order valence-corrected chi connectivity index (χ3v) is 5.35. The lowest BCUT2D eigenvalue weighted by atomic mass is 9.95. The fourth-order valence-electron chi connectivity index (χ4n) is 3.48. The first kappa shape index (κ1) is 15.6. The van der Waals surface area contributed by atoms with Crippen LogP contribution < -0.4 is 5.32 Å². The normalized spacial score (nSPS) is 18.7. The van der Waals surface area contributed by atoms with Gasteiger partial charge in [0.15, 0.2) is 0 Å². The highest BCUT2D eigenvalue weighted by Gasteiger charge is 2.31. The fraction of sp³-hybridized carbons (Fsp3) is 0.200. The van der Waals surface area contributed by atoms with Gasteiger partial charge in [-0.25, -0.2) is 4.39 Å². The van der Waals surface area contributed by atoms with Crippen molar-refractivity contribution >= 4 is 17.5 Å². The van der Waals surface area contributed by atoms with Gasteiger partial charge >= 0.3 is 0 Å². The van der Waals surface area contributed by atoms with E-state index < -0.39 is 6.04 Å². The zero-order valence-corrected chi connectivity index (χ0v) is 14.5. The zero-order chi connectivity index (χ0) is 17.8. The van der Waals surface area contributed by atoms with Crippen LogP contribution in [0.15, 0.2) is 48.8 Å². The van der Waals surface area contributed by atoms with Gasteiger partial charge < -0.3 is 5.32 Å². The molecule has 1 N–H and O–H groups in total. The molecule has 2 aromatic carbocycles. The molecule has 0 bridgehead atoms. The average molecular weight is 368 g/mol. The first-order valence-corrected chi connectivity index (χ1v) is 8.92. The smallest absolute Gasteiger partial charge is 0.252 e. The van der Waals surface area contributed by atoms with E-state index in [1.165, 1.54) is 31.0 Å². The Bertz CT molecular complexity index is 1040. The summed E-state index contributed by atoms with van der Waals surface area (Å²) in [5.74, 6) is -0.557. The van der Waals surface area contributed by atoms with Gasteiger partial charge in [-0.1, -0.05) is 23.7 Å². The Kier molecular flexibility index (Phi) is 3.40. The predicted octanol–water partition coefficient (Wildman–Crippen LogP) is 4.51. The lowest BCUT2D eigenvalue weighted by Crippen LogP contribution is -2.20. The minimum Gasteiger partial charge on any atom is -0.341 e. The summed E-state index contributed by atoms with van der Waals surface area (Å²) in [4.78, 5) is 12.5. The van der Waals surface area contributed by atoms with Crippen molar-refractivity contribution in [1.82, 2.24) is 15.1 Å². The van der Waals surface area contributed by atoms with Gasteiger partial charge in [-0.3, -0.25) is 9.48 Å². The second-order valence-electron chi connectivity index (χ2n) is 6.81. The standard InChI is InChI=1S/C20H15ClFN3O/c21-18-6-2-13(22)8-17(18)19-15-5-1-11(7-16(15)20(26)24-19)12-9-23-25(10-12)14-3-4-14/h1-2,5-10,14,19H,3-4H2,(H,24,26). The number of nitrogens with one attached hydrogen (secondary N) is 1. The molecule has 5 rings (SSSR count). The van der Waals surface area contributed by atoms with Crippen LogP contribution in [-0.2, 0) is 0 Å². The number of carbonyl (C=O) groups excluding carboxylic acids is 1. The number of hydrogen-bond acceptors (Lipinski definition) is 2. The highest BCUT2D eigenvalue weighted by atomic mass is 35.5. The maximum absolute atomic E-state index is 13.7. The van der Waals surface area contributed by atoms with E-state index in [0.29, 0.717) is 22.2 Å². The first-order valence-electron chi connectivity index (χ1n) is 8.54. The Morgan fingerprint density at radius 2 is 1.96 bits per heavy atom. The molecule has 4 nitrogen and oxygen atoms in total. The maximum atomic E-state index is 13.7. The summed E-state index contributed by atoms with van der Waals surface area (Å²) >= 11 is 6.23. The largest absolute Gasteiger partial charge is 0.341 e. The number of nitrogens with zero attached hydrogens (tertiary/aromatic N) is 2. The van der Waals surface area contributed by atoms with Crippen LogP contribution in [0.5, 0.6) is 0 Å². The van der Waals surface area contributed by atoms with Crippen molar-refractivity contribution < 1.29 is 9.18 Å². The monoisotopic (exact) mass is 367 g/mol. The van der Waals surface area contributed by atoms with E-state index in [-0.39, 0.29) is 11.7 Å². The van der Waals surface area contributed by atoms with Gasteiger partial charge in [0.05, 0.1) is 18.3 Å². The molecular formula is C20H15ClFN3O. The molecule has 1 saturated carbocycles. The molecule has 130 valence electrons. The van der Waals surface area contributed by atoms with Gasteiger partial charge in [0.1, 0.15) is 5.82 Å². The summed E-state index contributed by atoms with van der Waals surface area (Å²) in [6, 6.07) is 10.0. The third-order valence-electron chi connectivity index (χ3n) is 5.01. The van der Waals surface area contributed by atoms with Crippen LogP contribution in [0, 0.1) is 5.82 Å². The maximum Gasteiger partial charge on any atom is 0.252 e. The minimum atomic E-state index is -0.441. The molecule has 6 heteroatoms. The number of fused-ring (bicyclic) bond motifs is 1. The number of rotatable bonds is 3. The molecule has 0 radical (unpaired) electrons. The van der Waals surface area contributed by atoms with Gasteiger partial charge in [-0.05, 0) is 48.2 Å². The van der Waals surface area contributed by atoms with E-state index in [1.807, 2.05) is 35.3 Å². The molecule has 1 amide bonds. The molecule has 0 spiro atoms. The van der Waals surface area contributed by atoms with Gasteiger partial charge in [-0.15, -0.1) is 0 Å². The number of benzene rings is 2. The van der Waals surface area contributed by atoms with E-state index in [9.17, 15) is 9.18 Å². The third kappa shape index (κ3) is 2.51. The van der Waals surface area contributed by atoms with Crippen molar-refractivity contribution in [3.63, 3.8) is 0 Å². The Morgan fingerprint density at radius 3 is 2.77 bits per heavy atom. The number of halogens is 2. The van der Waals surface area contributed by atoms with Crippen LogP contribution >= 0.6 is 11.6 Å². The number of carbonyl (C=O) groups is 1. The molecule has 26 heavy (non-hydrogen) atoms. The van der Waals surface area contributed by atoms with Gasteiger partial charge in [0, 0.05) is 27.9 Å². The van der Waals surface area contributed by atoms with Gasteiger partial charge in [0.2, 0.25) is 0 Å². The van der Waals surface area contributed by atoms with Crippen LogP contribution in [0.4, 0.5) is 4.39 Å². The Balaban J connectivity index is 1.54. The van der Waals surface area contributed by atoms with Crippen molar-refractivity contribution in [2.24, 2.45) is 0 Å². The molecule has 1 fully saturated rings. The van der Waals surface area contributed by atoms with Crippen LogP contribution in [0.2, 0.25) is 5.02 Å². The molecule has 2 heterocycles. The predicted molar refractivity (Wildman–Crippen MR) is 96.7 cm³/mol. The van der Waals surface area contributed by atoms with Gasteiger partial charge in [0.25, 0.3) is 5.91 Å². The highest BCUT2D eigenvalue weighted by molar-refractivity contribution is 6.31. The van der Waals surface area contributed by atoms with E-state index in [0.717, 1.165) is 16.7 Å². The molecule has 2 aliphatic rings. The SMILES string of the molecule is O=C1NC(c2cc(F)ccc2Cl)c2ccc(-c3cnn(C4CC4)c3)cc21. The Hall–Kier alpha value is -2.66. The van der Waals surface area contributed by atoms with Crippen molar-refractivity contribution in [3.8, 4) is 11.1 Å².